The first-order valence-electron chi connectivity index (χ1n) is 2.58. The van der Waals surface area contributed by atoms with E-state index in [-0.39, 0.29) is 0 Å². The van der Waals surface area contributed by atoms with Crippen LogP contribution in [0.4, 0.5) is 0 Å². The predicted octanol–water partition coefficient (Wildman–Crippen LogP) is 1.86. The molecule has 0 aliphatic rings. The number of aliphatic hydroxyl groups excluding tert-OH is 2. The van der Waals surface area contributed by atoms with Gasteiger partial charge in [0.1, 0.15) is 0 Å². The molecule has 0 bridgehead atoms. The summed E-state index contributed by atoms with van der Waals surface area (Å²) < 4.78 is 0. The van der Waals surface area contributed by atoms with Crippen LogP contribution in [0.1, 0.15) is 0 Å². The van der Waals surface area contributed by atoms with Crippen LogP contribution >= 0.6 is 11.8 Å². The van der Waals surface area contributed by atoms with E-state index in [1.54, 1.807) is 23.9 Å². The number of aliphatic hydroxyl groups is 2. The third kappa shape index (κ3) is 7.43. The fraction of sp³-hybridized carbons (Fsp3) is 0.333. The van der Waals surface area contributed by atoms with Crippen LogP contribution in [0.2, 0.25) is 0 Å². The molecule has 0 atom stereocenters. The minimum Gasteiger partial charge on any atom is -0.516 e. The van der Waals surface area contributed by atoms with E-state index < -0.39 is 0 Å². The molecule has 0 spiro atoms. The summed E-state index contributed by atoms with van der Waals surface area (Å²) in [5, 5.41) is 16.3. The first-order valence-corrected chi connectivity index (χ1v) is 3.73. The molecule has 2 N–H and O–H groups in total. The zero-order chi connectivity index (χ0) is 6.95. The van der Waals surface area contributed by atoms with Crippen LogP contribution in [0.5, 0.6) is 0 Å². The predicted molar refractivity (Wildman–Crippen MR) is 40.9 cm³/mol. The van der Waals surface area contributed by atoms with Crippen LogP contribution in [0.25, 0.3) is 0 Å². The van der Waals surface area contributed by atoms with Crippen molar-refractivity contribution in [3.05, 3.63) is 24.7 Å². The Morgan fingerprint density at radius 1 is 1.00 bits per heavy atom. The van der Waals surface area contributed by atoms with Crippen LogP contribution in [-0.4, -0.2) is 21.7 Å². The van der Waals surface area contributed by atoms with E-state index in [9.17, 15) is 0 Å². The molecule has 2 nitrogen and oxygen atoms in total. The fourth-order valence-electron chi connectivity index (χ4n) is 0.290. The molecular formula is C6H10O2S. The molecule has 0 fully saturated rings. The summed E-state index contributed by atoms with van der Waals surface area (Å²) in [6.07, 6.45) is 5.34. The summed E-state index contributed by atoms with van der Waals surface area (Å²) in [6, 6.07) is 0. The average molecular weight is 146 g/mol. The SMILES string of the molecule is OC=CCSCC=CO. The normalized spacial score (nSPS) is 11.6. The van der Waals surface area contributed by atoms with E-state index in [0.717, 1.165) is 24.0 Å². The molecule has 0 amide bonds. The van der Waals surface area contributed by atoms with Gasteiger partial charge in [-0.2, -0.15) is 11.8 Å². The van der Waals surface area contributed by atoms with Crippen molar-refractivity contribution in [3.8, 4) is 0 Å². The highest BCUT2D eigenvalue weighted by atomic mass is 32.2. The van der Waals surface area contributed by atoms with Gasteiger partial charge in [0.05, 0.1) is 12.5 Å². The van der Waals surface area contributed by atoms with Gasteiger partial charge >= 0.3 is 0 Å². The van der Waals surface area contributed by atoms with E-state index in [1.165, 1.54) is 0 Å². The van der Waals surface area contributed by atoms with Crippen molar-refractivity contribution in [2.24, 2.45) is 0 Å². The lowest BCUT2D eigenvalue weighted by Crippen LogP contribution is -1.73. The van der Waals surface area contributed by atoms with Crippen LogP contribution in [0, 0.1) is 0 Å². The van der Waals surface area contributed by atoms with Crippen molar-refractivity contribution < 1.29 is 10.2 Å². The van der Waals surface area contributed by atoms with Crippen molar-refractivity contribution in [1.29, 1.82) is 0 Å². The molecule has 0 rings (SSSR count). The van der Waals surface area contributed by atoms with Crippen LogP contribution < -0.4 is 0 Å². The van der Waals surface area contributed by atoms with Gasteiger partial charge in [-0.25, -0.2) is 0 Å². The van der Waals surface area contributed by atoms with Gasteiger partial charge in [0.15, 0.2) is 0 Å². The monoisotopic (exact) mass is 146 g/mol. The maximum absolute atomic E-state index is 8.16. The second-order valence-electron chi connectivity index (χ2n) is 1.31. The van der Waals surface area contributed by atoms with Gasteiger partial charge in [0, 0.05) is 11.5 Å². The summed E-state index contributed by atoms with van der Waals surface area (Å²) in [5.41, 5.74) is 0. The molecule has 0 saturated carbocycles. The zero-order valence-corrected chi connectivity index (χ0v) is 5.84. The Balaban J connectivity index is 2.91. The van der Waals surface area contributed by atoms with Crippen LogP contribution in [0.3, 0.4) is 0 Å². The van der Waals surface area contributed by atoms with E-state index >= 15 is 0 Å². The Morgan fingerprint density at radius 2 is 1.44 bits per heavy atom. The first-order chi connectivity index (χ1) is 4.41. The van der Waals surface area contributed by atoms with E-state index in [2.05, 4.69) is 0 Å². The van der Waals surface area contributed by atoms with Gasteiger partial charge in [0.2, 0.25) is 0 Å². The Bertz CT molecular complexity index is 87.2. The third-order valence-corrected chi connectivity index (χ3v) is 1.50. The maximum atomic E-state index is 8.16. The van der Waals surface area contributed by atoms with Crippen LogP contribution in [0.15, 0.2) is 24.7 Å². The molecule has 0 aromatic carbocycles. The first kappa shape index (κ1) is 8.43. The maximum Gasteiger partial charge on any atom is 0.0760 e. The molecule has 0 aromatic heterocycles. The Kier molecular flexibility index (Phi) is 6.96. The van der Waals surface area contributed by atoms with Crippen LogP contribution in [-0.2, 0) is 0 Å². The van der Waals surface area contributed by atoms with Gasteiger partial charge in [-0.15, -0.1) is 0 Å². The lowest BCUT2D eigenvalue weighted by atomic mass is 10.7. The van der Waals surface area contributed by atoms with Crippen molar-refractivity contribution in [1.82, 2.24) is 0 Å². The topological polar surface area (TPSA) is 40.5 Å². The minimum absolute atomic E-state index is 0.779. The molecule has 9 heavy (non-hydrogen) atoms. The molecule has 0 aromatic rings. The summed E-state index contributed by atoms with van der Waals surface area (Å²) in [7, 11) is 0. The van der Waals surface area contributed by atoms with E-state index in [0.29, 0.717) is 0 Å². The standard InChI is InChI=1S/C6H10O2S/c7-3-1-5-9-6-2-4-8/h1-4,7-8H,5-6H2. The molecule has 0 radical (unpaired) electrons. The molecule has 52 valence electrons. The number of rotatable bonds is 4. The second kappa shape index (κ2) is 7.43. The molecule has 0 heterocycles. The van der Waals surface area contributed by atoms with Gasteiger partial charge in [0.25, 0.3) is 0 Å². The van der Waals surface area contributed by atoms with Gasteiger partial charge in [-0.3, -0.25) is 0 Å². The van der Waals surface area contributed by atoms with Crippen molar-refractivity contribution in [2.45, 2.75) is 0 Å². The average Bonchev–Trinajstić information content (AvgIpc) is 1.89. The zero-order valence-electron chi connectivity index (χ0n) is 5.03. The molecular weight excluding hydrogens is 136 g/mol. The highest BCUT2D eigenvalue weighted by molar-refractivity contribution is 7.99. The smallest absolute Gasteiger partial charge is 0.0760 e. The molecule has 0 aliphatic heterocycles. The van der Waals surface area contributed by atoms with Crippen molar-refractivity contribution >= 4 is 11.8 Å². The highest BCUT2D eigenvalue weighted by Gasteiger charge is 1.77. The van der Waals surface area contributed by atoms with Crippen molar-refractivity contribution in [3.63, 3.8) is 0 Å². The third-order valence-electron chi connectivity index (χ3n) is 0.639. The summed E-state index contributed by atoms with van der Waals surface area (Å²) in [6.45, 7) is 0. The lowest BCUT2D eigenvalue weighted by Gasteiger charge is -1.86. The summed E-state index contributed by atoms with van der Waals surface area (Å²) >= 11 is 1.61. The lowest BCUT2D eigenvalue weighted by molar-refractivity contribution is 0.472. The van der Waals surface area contributed by atoms with E-state index in [1.807, 2.05) is 0 Å². The summed E-state index contributed by atoms with van der Waals surface area (Å²) in [5.74, 6) is 1.56. The Labute approximate surface area is 58.9 Å². The minimum atomic E-state index is 0.779. The quantitative estimate of drug-likeness (QED) is 0.470. The molecule has 0 unspecified atom stereocenters. The van der Waals surface area contributed by atoms with E-state index in [4.69, 9.17) is 10.2 Å². The molecule has 3 heteroatoms. The fourth-order valence-corrected chi connectivity index (χ4v) is 0.871. The number of hydrogen-bond acceptors (Lipinski definition) is 3. The largest absolute Gasteiger partial charge is 0.516 e. The molecule has 0 saturated heterocycles. The molecule has 0 aliphatic carbocycles. The highest BCUT2D eigenvalue weighted by Crippen LogP contribution is 1.98. The number of thioether (sulfide) groups is 1. The van der Waals surface area contributed by atoms with Gasteiger partial charge < -0.3 is 10.2 Å². The Morgan fingerprint density at radius 3 is 1.78 bits per heavy atom. The van der Waals surface area contributed by atoms with Gasteiger partial charge in [-0.05, 0) is 12.2 Å². The number of hydrogen-bond donors (Lipinski definition) is 2. The second-order valence-corrected chi connectivity index (χ2v) is 2.38. The van der Waals surface area contributed by atoms with Crippen molar-refractivity contribution in [2.75, 3.05) is 11.5 Å². The van der Waals surface area contributed by atoms with Gasteiger partial charge in [-0.1, -0.05) is 0 Å². The Hall–Kier alpha value is -0.570. The summed E-state index contributed by atoms with van der Waals surface area (Å²) in [4.78, 5) is 0.